The Bertz CT molecular complexity index is 680. The average molecular weight is 342 g/mol. The number of nitrogens with zero attached hydrogens (tertiary/aromatic N) is 2. The van der Waals surface area contributed by atoms with Gasteiger partial charge in [-0.2, -0.15) is 0 Å². The van der Waals surface area contributed by atoms with Gasteiger partial charge >= 0.3 is 0 Å². The van der Waals surface area contributed by atoms with Gasteiger partial charge in [0.25, 0.3) is 0 Å². The van der Waals surface area contributed by atoms with Crippen LogP contribution in [0.15, 0.2) is 40.3 Å². The maximum atomic E-state index is 6.02. The second kappa shape index (κ2) is 6.15. The summed E-state index contributed by atoms with van der Waals surface area (Å²) in [5, 5.41) is 0. The van der Waals surface area contributed by atoms with E-state index in [0.717, 1.165) is 11.8 Å². The van der Waals surface area contributed by atoms with Gasteiger partial charge in [-0.25, -0.2) is 9.98 Å². The maximum Gasteiger partial charge on any atom is 0.193 e. The third-order valence-corrected chi connectivity index (χ3v) is 5.27. The molecule has 0 saturated heterocycles. The Kier molecular flexibility index (Phi) is 4.42. The molecule has 0 fully saturated rings. The number of aliphatic imine (C=N–C) groups is 2. The van der Waals surface area contributed by atoms with Crippen LogP contribution in [0.25, 0.3) is 0 Å². The Morgan fingerprint density at radius 2 is 1.68 bits per heavy atom. The van der Waals surface area contributed by atoms with Gasteiger partial charge in [-0.05, 0) is 16.4 Å². The Hall–Kier alpha value is -1.84. The summed E-state index contributed by atoms with van der Waals surface area (Å²) in [6.07, 6.45) is 0.539. The van der Waals surface area contributed by atoms with Crippen molar-refractivity contribution in [3.63, 3.8) is 0 Å². The molecule has 2 atom stereocenters. The third-order valence-electron chi connectivity index (χ3n) is 5.27. The molecule has 0 aliphatic carbocycles. The number of ether oxygens (including phenoxy) is 2. The van der Waals surface area contributed by atoms with Crippen molar-refractivity contribution in [1.29, 1.82) is 0 Å². The van der Waals surface area contributed by atoms with Crippen LogP contribution >= 0.6 is 0 Å². The van der Waals surface area contributed by atoms with Crippen molar-refractivity contribution in [2.75, 3.05) is 13.2 Å². The van der Waals surface area contributed by atoms with Crippen molar-refractivity contribution in [3.8, 4) is 0 Å². The summed E-state index contributed by atoms with van der Waals surface area (Å²) in [6.45, 7) is 14.4. The van der Waals surface area contributed by atoms with Gasteiger partial charge in [0.2, 0.25) is 0 Å². The molecule has 0 radical (unpaired) electrons. The SMILES string of the molecule is CC(C)(C)C1COC(CC2=NC(c3ccccc3)(C(C)(C)C)CO2)=N1. The fraction of sp³-hybridized carbons (Fsp3) is 0.619. The molecule has 3 rings (SSSR count). The molecule has 25 heavy (non-hydrogen) atoms. The third kappa shape index (κ3) is 3.44. The van der Waals surface area contributed by atoms with Gasteiger partial charge < -0.3 is 9.47 Å². The summed E-state index contributed by atoms with van der Waals surface area (Å²) in [6, 6.07) is 10.6. The topological polar surface area (TPSA) is 43.2 Å². The largest absolute Gasteiger partial charge is 0.478 e. The molecule has 0 aromatic heterocycles. The number of hydrogen-bond acceptors (Lipinski definition) is 4. The van der Waals surface area contributed by atoms with Gasteiger partial charge in [0.15, 0.2) is 11.8 Å². The number of benzene rings is 1. The zero-order chi connectivity index (χ0) is 18.3. The summed E-state index contributed by atoms with van der Waals surface area (Å²) in [5.41, 5.74) is 0.882. The highest BCUT2D eigenvalue weighted by atomic mass is 16.5. The monoisotopic (exact) mass is 342 g/mol. The second-order valence-electron chi connectivity index (χ2n) is 9.16. The quantitative estimate of drug-likeness (QED) is 0.806. The molecule has 2 aliphatic rings. The van der Waals surface area contributed by atoms with E-state index in [2.05, 4.69) is 65.8 Å². The summed E-state index contributed by atoms with van der Waals surface area (Å²) in [7, 11) is 0. The molecule has 136 valence electrons. The van der Waals surface area contributed by atoms with Crippen LogP contribution in [0.4, 0.5) is 0 Å². The van der Waals surface area contributed by atoms with Gasteiger partial charge in [0.05, 0.1) is 12.5 Å². The van der Waals surface area contributed by atoms with E-state index in [0.29, 0.717) is 19.6 Å². The predicted octanol–water partition coefficient (Wildman–Crippen LogP) is 4.59. The first-order valence-corrected chi connectivity index (χ1v) is 9.08. The van der Waals surface area contributed by atoms with E-state index in [1.807, 2.05) is 6.07 Å². The lowest BCUT2D eigenvalue weighted by molar-refractivity contribution is 0.136. The standard InChI is InChI=1S/C21H30N2O2/c1-19(2,3)16-13-24-17(22-16)12-18-23-21(14-25-18,20(4,5)6)15-10-8-7-9-11-15/h7-11,16H,12-14H2,1-6H3. The molecule has 0 saturated carbocycles. The Morgan fingerprint density at radius 3 is 2.24 bits per heavy atom. The van der Waals surface area contributed by atoms with E-state index in [9.17, 15) is 0 Å². The van der Waals surface area contributed by atoms with Gasteiger partial charge in [0.1, 0.15) is 18.8 Å². The van der Waals surface area contributed by atoms with E-state index in [1.165, 1.54) is 5.56 Å². The Labute approximate surface area is 151 Å². The van der Waals surface area contributed by atoms with E-state index in [1.54, 1.807) is 0 Å². The van der Waals surface area contributed by atoms with Crippen molar-refractivity contribution >= 4 is 11.8 Å². The molecule has 0 spiro atoms. The highest BCUT2D eigenvalue weighted by Gasteiger charge is 2.48. The van der Waals surface area contributed by atoms with Crippen LogP contribution in [0.5, 0.6) is 0 Å². The highest BCUT2D eigenvalue weighted by Crippen LogP contribution is 2.46. The lowest BCUT2D eigenvalue weighted by Gasteiger charge is -2.38. The van der Waals surface area contributed by atoms with Crippen LogP contribution in [0.1, 0.15) is 53.5 Å². The van der Waals surface area contributed by atoms with Crippen molar-refractivity contribution in [2.24, 2.45) is 20.8 Å². The van der Waals surface area contributed by atoms with E-state index >= 15 is 0 Å². The van der Waals surface area contributed by atoms with Gasteiger partial charge in [0, 0.05) is 0 Å². The molecule has 1 aromatic carbocycles. The van der Waals surface area contributed by atoms with Crippen molar-refractivity contribution < 1.29 is 9.47 Å². The molecular weight excluding hydrogens is 312 g/mol. The Morgan fingerprint density at radius 1 is 1.00 bits per heavy atom. The van der Waals surface area contributed by atoms with Crippen molar-refractivity contribution in [3.05, 3.63) is 35.9 Å². The maximum absolute atomic E-state index is 6.02. The van der Waals surface area contributed by atoms with Crippen LogP contribution < -0.4 is 0 Å². The predicted molar refractivity (Wildman–Crippen MR) is 102 cm³/mol. The summed E-state index contributed by atoms with van der Waals surface area (Å²) in [4.78, 5) is 9.78. The minimum atomic E-state index is -0.369. The molecule has 4 nitrogen and oxygen atoms in total. The van der Waals surface area contributed by atoms with Gasteiger partial charge in [-0.15, -0.1) is 0 Å². The minimum absolute atomic E-state index is 0.0532. The van der Waals surface area contributed by atoms with Crippen molar-refractivity contribution in [2.45, 2.75) is 59.5 Å². The van der Waals surface area contributed by atoms with Gasteiger partial charge in [-0.1, -0.05) is 71.9 Å². The summed E-state index contributed by atoms with van der Waals surface area (Å²) >= 11 is 0. The fourth-order valence-corrected chi connectivity index (χ4v) is 3.33. The zero-order valence-electron chi connectivity index (χ0n) is 16.3. The molecule has 0 bridgehead atoms. The lowest BCUT2D eigenvalue weighted by Crippen LogP contribution is -2.39. The molecule has 4 heteroatoms. The first-order valence-electron chi connectivity index (χ1n) is 9.08. The second-order valence-corrected chi connectivity index (χ2v) is 9.16. The summed E-state index contributed by atoms with van der Waals surface area (Å²) < 4.78 is 11.8. The molecule has 0 amide bonds. The highest BCUT2D eigenvalue weighted by molar-refractivity contribution is 5.98. The van der Waals surface area contributed by atoms with Crippen LogP contribution in [-0.4, -0.2) is 31.1 Å². The summed E-state index contributed by atoms with van der Waals surface area (Å²) in [5.74, 6) is 1.48. The number of rotatable bonds is 3. The Balaban J connectivity index is 1.85. The van der Waals surface area contributed by atoms with E-state index in [-0.39, 0.29) is 22.4 Å². The van der Waals surface area contributed by atoms with Crippen molar-refractivity contribution in [1.82, 2.24) is 0 Å². The van der Waals surface area contributed by atoms with E-state index < -0.39 is 0 Å². The van der Waals surface area contributed by atoms with Crippen LogP contribution in [0, 0.1) is 10.8 Å². The first kappa shape index (κ1) is 18.0. The smallest absolute Gasteiger partial charge is 0.193 e. The normalized spacial score (nSPS) is 26.7. The molecule has 0 N–H and O–H groups in total. The average Bonchev–Trinajstić information content (AvgIpc) is 3.15. The minimum Gasteiger partial charge on any atom is -0.478 e. The molecule has 2 unspecified atom stereocenters. The molecule has 1 aromatic rings. The van der Waals surface area contributed by atoms with Crippen LogP contribution in [0.3, 0.4) is 0 Å². The fourth-order valence-electron chi connectivity index (χ4n) is 3.33. The zero-order valence-corrected chi connectivity index (χ0v) is 16.3. The molecule has 2 aliphatic heterocycles. The van der Waals surface area contributed by atoms with E-state index in [4.69, 9.17) is 19.5 Å². The lowest BCUT2D eigenvalue weighted by atomic mass is 9.70. The molecule has 2 heterocycles. The van der Waals surface area contributed by atoms with Gasteiger partial charge in [-0.3, -0.25) is 0 Å². The number of hydrogen-bond donors (Lipinski definition) is 0. The van der Waals surface area contributed by atoms with Crippen LogP contribution in [-0.2, 0) is 15.0 Å². The van der Waals surface area contributed by atoms with Crippen LogP contribution in [0.2, 0.25) is 0 Å². The first-order chi connectivity index (χ1) is 11.6. The molecular formula is C21H30N2O2.